The molecule has 1 aliphatic rings. The van der Waals surface area contributed by atoms with Gasteiger partial charge in [-0.25, -0.2) is 9.97 Å². The van der Waals surface area contributed by atoms with Crippen LogP contribution in [0.5, 0.6) is 0 Å². The molecular formula is C11H18N4O. The first-order valence-electron chi connectivity index (χ1n) is 5.74. The number of aromatic nitrogens is 2. The van der Waals surface area contributed by atoms with Crippen LogP contribution in [0.4, 0.5) is 5.69 Å². The van der Waals surface area contributed by atoms with E-state index in [1.807, 2.05) is 0 Å². The first-order chi connectivity index (χ1) is 7.95. The number of anilines is 1. The number of hydrogen-bond donors (Lipinski definition) is 1. The predicted molar refractivity (Wildman–Crippen MR) is 62.4 cm³/mol. The second-order valence-electron chi connectivity index (χ2n) is 3.86. The highest BCUT2D eigenvalue weighted by Gasteiger charge is 2.08. The van der Waals surface area contributed by atoms with Crippen LogP contribution in [0.2, 0.25) is 0 Å². The van der Waals surface area contributed by atoms with Gasteiger partial charge < -0.3 is 10.1 Å². The number of morpholine rings is 1. The summed E-state index contributed by atoms with van der Waals surface area (Å²) in [5.74, 6) is 0. The van der Waals surface area contributed by atoms with Gasteiger partial charge in [-0.2, -0.15) is 0 Å². The Morgan fingerprint density at radius 3 is 2.75 bits per heavy atom. The highest BCUT2D eigenvalue weighted by atomic mass is 16.5. The van der Waals surface area contributed by atoms with Crippen molar-refractivity contribution >= 4 is 5.69 Å². The van der Waals surface area contributed by atoms with Crippen molar-refractivity contribution in [3.63, 3.8) is 0 Å². The van der Waals surface area contributed by atoms with E-state index in [-0.39, 0.29) is 0 Å². The second-order valence-corrected chi connectivity index (χ2v) is 3.86. The van der Waals surface area contributed by atoms with Crippen molar-refractivity contribution in [2.45, 2.75) is 6.42 Å². The van der Waals surface area contributed by atoms with Crippen molar-refractivity contribution in [3.8, 4) is 0 Å². The molecule has 0 aromatic carbocycles. The quantitative estimate of drug-likeness (QED) is 0.740. The predicted octanol–water partition coefficient (Wildman–Crippen LogP) is 0.611. The van der Waals surface area contributed by atoms with Crippen molar-refractivity contribution in [3.05, 3.63) is 18.7 Å². The van der Waals surface area contributed by atoms with Gasteiger partial charge in [-0.1, -0.05) is 0 Å². The molecule has 0 bridgehead atoms. The molecule has 0 saturated carbocycles. The Bertz CT molecular complexity index is 287. The molecule has 0 amide bonds. The van der Waals surface area contributed by atoms with Crippen LogP contribution < -0.4 is 5.32 Å². The molecule has 0 unspecified atom stereocenters. The Hall–Kier alpha value is -1.20. The Morgan fingerprint density at radius 2 is 2.00 bits per heavy atom. The number of hydrogen-bond acceptors (Lipinski definition) is 5. The third-order valence-electron chi connectivity index (χ3n) is 2.64. The summed E-state index contributed by atoms with van der Waals surface area (Å²) in [7, 11) is 0. The first kappa shape index (κ1) is 11.3. The van der Waals surface area contributed by atoms with E-state index in [1.165, 1.54) is 0 Å². The fourth-order valence-corrected chi connectivity index (χ4v) is 1.75. The fraction of sp³-hybridized carbons (Fsp3) is 0.636. The lowest BCUT2D eigenvalue weighted by Gasteiger charge is -2.26. The first-order valence-corrected chi connectivity index (χ1v) is 5.74. The highest BCUT2D eigenvalue weighted by molar-refractivity contribution is 5.36. The van der Waals surface area contributed by atoms with Gasteiger partial charge in [0.15, 0.2) is 0 Å². The van der Waals surface area contributed by atoms with Gasteiger partial charge in [0.2, 0.25) is 0 Å². The maximum Gasteiger partial charge on any atom is 0.115 e. The molecule has 1 aliphatic heterocycles. The molecule has 0 radical (unpaired) electrons. The zero-order chi connectivity index (χ0) is 11.1. The molecule has 2 heterocycles. The average molecular weight is 222 g/mol. The zero-order valence-electron chi connectivity index (χ0n) is 9.43. The minimum Gasteiger partial charge on any atom is -0.383 e. The minimum absolute atomic E-state index is 0.875. The highest BCUT2D eigenvalue weighted by Crippen LogP contribution is 2.01. The van der Waals surface area contributed by atoms with Gasteiger partial charge in [-0.05, 0) is 13.0 Å². The third kappa shape index (κ3) is 3.75. The summed E-state index contributed by atoms with van der Waals surface area (Å²) in [5.41, 5.74) is 0.990. The number of rotatable bonds is 5. The van der Waals surface area contributed by atoms with Crippen molar-refractivity contribution in [1.29, 1.82) is 0 Å². The molecule has 1 N–H and O–H groups in total. The van der Waals surface area contributed by atoms with Gasteiger partial charge in [-0.15, -0.1) is 0 Å². The molecule has 5 nitrogen and oxygen atoms in total. The van der Waals surface area contributed by atoms with E-state index >= 15 is 0 Å². The summed E-state index contributed by atoms with van der Waals surface area (Å²) in [4.78, 5) is 10.3. The summed E-state index contributed by atoms with van der Waals surface area (Å²) < 4.78 is 5.30. The van der Waals surface area contributed by atoms with E-state index in [1.54, 1.807) is 18.7 Å². The molecular weight excluding hydrogens is 204 g/mol. The Morgan fingerprint density at radius 1 is 1.25 bits per heavy atom. The number of ether oxygens (including phenoxy) is 1. The standard InChI is InChI=1S/C11H18N4O/c1(3-15-4-6-16-7-5-15)2-14-11-8-12-10-13-9-11/h8-10,14H,1-7H2. The van der Waals surface area contributed by atoms with Crippen LogP contribution in [0.15, 0.2) is 18.7 Å². The zero-order valence-corrected chi connectivity index (χ0v) is 9.43. The lowest BCUT2D eigenvalue weighted by molar-refractivity contribution is 0.0378. The normalized spacial score (nSPS) is 17.2. The van der Waals surface area contributed by atoms with Crippen LogP contribution in [0.25, 0.3) is 0 Å². The second kappa shape index (κ2) is 6.40. The molecule has 2 rings (SSSR count). The summed E-state index contributed by atoms with van der Waals surface area (Å²) in [6.45, 7) is 5.97. The number of nitrogens with one attached hydrogen (secondary N) is 1. The van der Waals surface area contributed by atoms with Gasteiger partial charge in [0.25, 0.3) is 0 Å². The summed E-state index contributed by atoms with van der Waals surface area (Å²) in [6.07, 6.45) is 6.26. The van der Waals surface area contributed by atoms with E-state index in [0.29, 0.717) is 0 Å². The van der Waals surface area contributed by atoms with E-state index in [9.17, 15) is 0 Å². The minimum atomic E-state index is 0.875. The van der Waals surface area contributed by atoms with Crippen LogP contribution in [0.1, 0.15) is 6.42 Å². The largest absolute Gasteiger partial charge is 0.383 e. The van der Waals surface area contributed by atoms with E-state index in [4.69, 9.17) is 4.74 Å². The molecule has 0 aliphatic carbocycles. The van der Waals surface area contributed by atoms with Gasteiger partial charge in [0, 0.05) is 19.6 Å². The number of nitrogens with zero attached hydrogens (tertiary/aromatic N) is 3. The lowest BCUT2D eigenvalue weighted by atomic mass is 10.3. The van der Waals surface area contributed by atoms with Gasteiger partial charge in [0.1, 0.15) is 6.33 Å². The van der Waals surface area contributed by atoms with Crippen molar-refractivity contribution in [1.82, 2.24) is 14.9 Å². The van der Waals surface area contributed by atoms with Gasteiger partial charge >= 0.3 is 0 Å². The Labute approximate surface area is 95.8 Å². The lowest BCUT2D eigenvalue weighted by Crippen LogP contribution is -2.37. The summed E-state index contributed by atoms with van der Waals surface area (Å²) in [6, 6.07) is 0. The topological polar surface area (TPSA) is 50.3 Å². The van der Waals surface area contributed by atoms with Crippen molar-refractivity contribution in [2.24, 2.45) is 0 Å². The van der Waals surface area contributed by atoms with Crippen LogP contribution >= 0.6 is 0 Å². The van der Waals surface area contributed by atoms with E-state index < -0.39 is 0 Å². The molecule has 5 heteroatoms. The molecule has 88 valence electrons. The maximum absolute atomic E-state index is 5.30. The molecule has 1 fully saturated rings. The van der Waals surface area contributed by atoms with Crippen LogP contribution in [0, 0.1) is 0 Å². The molecule has 1 aromatic rings. The maximum atomic E-state index is 5.30. The molecule has 0 atom stereocenters. The fourth-order valence-electron chi connectivity index (χ4n) is 1.75. The van der Waals surface area contributed by atoms with Crippen LogP contribution in [0.3, 0.4) is 0 Å². The summed E-state index contributed by atoms with van der Waals surface area (Å²) >= 11 is 0. The van der Waals surface area contributed by atoms with Gasteiger partial charge in [0.05, 0.1) is 31.3 Å². The van der Waals surface area contributed by atoms with E-state index in [2.05, 4.69) is 20.2 Å². The van der Waals surface area contributed by atoms with Crippen LogP contribution in [-0.4, -0.2) is 54.3 Å². The van der Waals surface area contributed by atoms with Crippen molar-refractivity contribution in [2.75, 3.05) is 44.7 Å². The molecule has 16 heavy (non-hydrogen) atoms. The Balaban J connectivity index is 1.58. The average Bonchev–Trinajstić information content (AvgIpc) is 2.37. The van der Waals surface area contributed by atoms with Crippen LogP contribution in [-0.2, 0) is 4.74 Å². The SMILES string of the molecule is c1ncc(NCCCN2CCOCC2)cn1. The summed E-state index contributed by atoms with van der Waals surface area (Å²) in [5, 5.41) is 3.30. The molecule has 0 spiro atoms. The monoisotopic (exact) mass is 222 g/mol. The Kier molecular flexibility index (Phi) is 4.51. The smallest absolute Gasteiger partial charge is 0.115 e. The third-order valence-corrected chi connectivity index (χ3v) is 2.64. The van der Waals surface area contributed by atoms with Crippen molar-refractivity contribution < 1.29 is 4.74 Å². The van der Waals surface area contributed by atoms with Gasteiger partial charge in [-0.3, -0.25) is 4.90 Å². The van der Waals surface area contributed by atoms with E-state index in [0.717, 1.165) is 51.5 Å². The molecule has 1 aromatic heterocycles. The molecule has 1 saturated heterocycles.